The van der Waals surface area contributed by atoms with Crippen molar-refractivity contribution in [2.24, 2.45) is 5.92 Å². The van der Waals surface area contributed by atoms with Gasteiger partial charge in [-0.1, -0.05) is 19.9 Å². The van der Waals surface area contributed by atoms with E-state index in [0.29, 0.717) is 0 Å². The molecule has 0 aliphatic carbocycles. The van der Waals surface area contributed by atoms with Crippen LogP contribution in [0.5, 0.6) is 5.75 Å². The summed E-state index contributed by atoms with van der Waals surface area (Å²) < 4.78 is 0. The minimum Gasteiger partial charge on any atom is -0.505 e. The zero-order valence-electron chi connectivity index (χ0n) is 15.2. The molecule has 0 spiro atoms. The predicted molar refractivity (Wildman–Crippen MR) is 100 cm³/mol. The zero-order valence-corrected chi connectivity index (χ0v) is 15.2. The lowest BCUT2D eigenvalue weighted by Gasteiger charge is -2.24. The maximum atomic E-state index is 12.1. The second kappa shape index (κ2) is 7.57. The molecule has 4 N–H and O–H groups in total. The first-order chi connectivity index (χ1) is 12.2. The first-order valence-electron chi connectivity index (χ1n) is 8.20. The van der Waals surface area contributed by atoms with Gasteiger partial charge in [0.25, 0.3) is 16.8 Å². The molecule has 0 saturated heterocycles. The molecule has 8 heteroatoms. The Morgan fingerprint density at radius 1 is 1.15 bits per heavy atom. The molecule has 0 fully saturated rings. The molecule has 2 rings (SSSR count). The number of rotatable bonds is 7. The number of phenolic OH excluding ortho intramolecular Hbond substituents is 1. The maximum Gasteiger partial charge on any atom is 0.257 e. The molecule has 0 aliphatic heterocycles. The van der Waals surface area contributed by atoms with Crippen LogP contribution in [-0.4, -0.2) is 47.8 Å². The predicted octanol–water partition coefficient (Wildman–Crippen LogP) is 0.862. The van der Waals surface area contributed by atoms with E-state index in [1.54, 1.807) is 20.2 Å². The third-order valence-electron chi connectivity index (χ3n) is 4.17. The Kier molecular flexibility index (Phi) is 5.66. The van der Waals surface area contributed by atoms with Crippen LogP contribution in [0, 0.1) is 5.92 Å². The summed E-state index contributed by atoms with van der Waals surface area (Å²) in [6.45, 7) is 3.54. The van der Waals surface area contributed by atoms with Crippen LogP contribution in [0.1, 0.15) is 24.2 Å². The molecule has 26 heavy (non-hydrogen) atoms. The molecule has 0 radical (unpaired) electrons. The van der Waals surface area contributed by atoms with E-state index in [0.717, 1.165) is 0 Å². The van der Waals surface area contributed by atoms with E-state index in [1.807, 2.05) is 13.8 Å². The van der Waals surface area contributed by atoms with Crippen molar-refractivity contribution in [1.82, 2.24) is 4.90 Å². The highest BCUT2D eigenvalue weighted by Gasteiger charge is 2.26. The van der Waals surface area contributed by atoms with Gasteiger partial charge in [-0.2, -0.15) is 0 Å². The Morgan fingerprint density at radius 2 is 1.77 bits per heavy atom. The Morgan fingerprint density at radius 3 is 2.31 bits per heavy atom. The number of amides is 1. The van der Waals surface area contributed by atoms with Gasteiger partial charge >= 0.3 is 0 Å². The highest BCUT2D eigenvalue weighted by molar-refractivity contribution is 5.99. The van der Waals surface area contributed by atoms with Crippen molar-refractivity contribution in [1.29, 1.82) is 0 Å². The molecular formula is C18H23N3O5. The van der Waals surface area contributed by atoms with Gasteiger partial charge in [0.1, 0.15) is 11.4 Å². The molecule has 0 aliphatic rings. The van der Waals surface area contributed by atoms with Gasteiger partial charge in [0, 0.05) is 14.1 Å². The van der Waals surface area contributed by atoms with Gasteiger partial charge in [-0.25, -0.2) is 0 Å². The number of nitrogens with one attached hydrogen (secondary N) is 2. The van der Waals surface area contributed by atoms with Gasteiger partial charge in [0.2, 0.25) is 0 Å². The number of carbonyl (C=O) groups is 1. The number of carbonyl (C=O) groups excluding carboxylic acids is 1. The SMILES string of the molecule is CC(C)[C@H](CO)Nc1c(Nc2cccc(C(=O)N(C)C)c2O)c(=O)c1=O. The quantitative estimate of drug-likeness (QED) is 0.427. The summed E-state index contributed by atoms with van der Waals surface area (Å²) in [5.74, 6) is -0.672. The number of hydrogen-bond donors (Lipinski definition) is 4. The van der Waals surface area contributed by atoms with Crippen LogP contribution in [0.3, 0.4) is 0 Å². The van der Waals surface area contributed by atoms with Crippen molar-refractivity contribution in [2.45, 2.75) is 19.9 Å². The highest BCUT2D eigenvalue weighted by Crippen LogP contribution is 2.32. The largest absolute Gasteiger partial charge is 0.505 e. The molecule has 140 valence electrons. The average molecular weight is 361 g/mol. The van der Waals surface area contributed by atoms with Gasteiger partial charge < -0.3 is 25.7 Å². The summed E-state index contributed by atoms with van der Waals surface area (Å²) in [6.07, 6.45) is 0. The molecule has 0 heterocycles. The van der Waals surface area contributed by atoms with E-state index in [9.17, 15) is 24.6 Å². The molecule has 0 unspecified atom stereocenters. The smallest absolute Gasteiger partial charge is 0.257 e. The van der Waals surface area contributed by atoms with E-state index in [4.69, 9.17) is 0 Å². The highest BCUT2D eigenvalue weighted by atomic mass is 16.3. The van der Waals surface area contributed by atoms with Crippen LogP contribution in [0.25, 0.3) is 0 Å². The molecule has 0 aromatic heterocycles. The van der Waals surface area contributed by atoms with E-state index >= 15 is 0 Å². The van der Waals surface area contributed by atoms with Crippen molar-refractivity contribution in [2.75, 3.05) is 31.3 Å². The first-order valence-corrected chi connectivity index (χ1v) is 8.20. The summed E-state index contributed by atoms with van der Waals surface area (Å²) >= 11 is 0. The van der Waals surface area contributed by atoms with Crippen molar-refractivity contribution in [3.63, 3.8) is 0 Å². The van der Waals surface area contributed by atoms with Crippen molar-refractivity contribution in [3.8, 4) is 5.75 Å². The molecule has 2 aromatic rings. The van der Waals surface area contributed by atoms with Gasteiger partial charge in [0.05, 0.1) is 23.9 Å². The van der Waals surface area contributed by atoms with E-state index in [2.05, 4.69) is 10.6 Å². The number of aromatic hydroxyl groups is 1. The van der Waals surface area contributed by atoms with Crippen LogP contribution in [0.15, 0.2) is 27.8 Å². The lowest BCUT2D eigenvalue weighted by molar-refractivity contribution is 0.0824. The fourth-order valence-corrected chi connectivity index (χ4v) is 2.45. The number of anilines is 3. The molecule has 0 saturated carbocycles. The Bertz CT molecular complexity index is 882. The van der Waals surface area contributed by atoms with E-state index in [-0.39, 0.29) is 40.9 Å². The normalized spacial score (nSPS) is 12.2. The number of benzene rings is 1. The van der Waals surface area contributed by atoms with Gasteiger partial charge in [-0.05, 0) is 18.1 Å². The number of para-hydroxylation sites is 1. The van der Waals surface area contributed by atoms with Gasteiger partial charge in [-0.3, -0.25) is 14.4 Å². The van der Waals surface area contributed by atoms with Crippen LogP contribution in [0.4, 0.5) is 17.1 Å². The second-order valence-corrected chi connectivity index (χ2v) is 6.61. The molecular weight excluding hydrogens is 338 g/mol. The fraction of sp³-hybridized carbons (Fsp3) is 0.389. The Labute approximate surface area is 150 Å². The molecule has 8 nitrogen and oxygen atoms in total. The average Bonchev–Trinajstić information content (AvgIpc) is 2.60. The van der Waals surface area contributed by atoms with Crippen LogP contribution in [-0.2, 0) is 0 Å². The maximum absolute atomic E-state index is 12.1. The molecule has 1 amide bonds. The molecule has 2 aromatic carbocycles. The minimum absolute atomic E-state index is 0.00106. The van der Waals surface area contributed by atoms with Crippen LogP contribution >= 0.6 is 0 Å². The summed E-state index contributed by atoms with van der Waals surface area (Å²) in [6, 6.07) is 4.12. The zero-order chi connectivity index (χ0) is 19.6. The summed E-state index contributed by atoms with van der Waals surface area (Å²) in [5.41, 5.74) is -1.14. The number of phenols is 1. The molecule has 0 bridgehead atoms. The molecule has 1 atom stereocenters. The fourth-order valence-electron chi connectivity index (χ4n) is 2.45. The standard InChI is InChI=1S/C18H23N3O5/c1-9(2)12(8-22)20-14-13(16(24)17(14)25)19-11-7-5-6-10(15(11)23)18(26)21(3)4/h5-7,9,12,19-20,22-23H,8H2,1-4H3/t12-/m0/s1. The van der Waals surface area contributed by atoms with Crippen molar-refractivity contribution < 1.29 is 15.0 Å². The monoisotopic (exact) mass is 361 g/mol. The second-order valence-electron chi connectivity index (χ2n) is 6.61. The minimum atomic E-state index is -0.725. The number of nitrogens with zero attached hydrogens (tertiary/aromatic N) is 1. The van der Waals surface area contributed by atoms with E-state index < -0.39 is 22.8 Å². The summed E-state index contributed by atoms with van der Waals surface area (Å²) in [7, 11) is 3.11. The van der Waals surface area contributed by atoms with Crippen molar-refractivity contribution >= 4 is 23.0 Å². The lowest BCUT2D eigenvalue weighted by Crippen LogP contribution is -2.41. The Balaban J connectivity index is 2.35. The Hall–Kier alpha value is -2.87. The van der Waals surface area contributed by atoms with Gasteiger partial charge in [-0.15, -0.1) is 0 Å². The van der Waals surface area contributed by atoms with Crippen LogP contribution < -0.4 is 21.5 Å². The topological polar surface area (TPSA) is 119 Å². The number of aliphatic hydroxyl groups is 1. The number of hydrogen-bond acceptors (Lipinski definition) is 7. The number of aliphatic hydroxyl groups excluding tert-OH is 1. The summed E-state index contributed by atoms with van der Waals surface area (Å²) in [5, 5.41) is 25.3. The van der Waals surface area contributed by atoms with Crippen molar-refractivity contribution in [3.05, 3.63) is 44.2 Å². The van der Waals surface area contributed by atoms with E-state index in [1.165, 1.54) is 17.0 Å². The lowest BCUT2D eigenvalue weighted by atomic mass is 10.0. The summed E-state index contributed by atoms with van der Waals surface area (Å²) in [4.78, 5) is 37.2. The van der Waals surface area contributed by atoms with Gasteiger partial charge in [0.15, 0.2) is 5.75 Å². The van der Waals surface area contributed by atoms with Crippen LogP contribution in [0.2, 0.25) is 0 Å². The third-order valence-corrected chi connectivity index (χ3v) is 4.17. The first kappa shape index (κ1) is 19.5. The third kappa shape index (κ3) is 3.55.